The second-order valence-corrected chi connectivity index (χ2v) is 5.73. The van der Waals surface area contributed by atoms with Crippen LogP contribution >= 0.6 is 0 Å². The first kappa shape index (κ1) is 15.1. The third kappa shape index (κ3) is 2.90. The van der Waals surface area contributed by atoms with E-state index < -0.39 is 0 Å². The predicted molar refractivity (Wildman–Crippen MR) is 89.2 cm³/mol. The highest BCUT2D eigenvalue weighted by Gasteiger charge is 2.26. The molecule has 0 saturated carbocycles. The standard InChI is InChI=1S/C18H18N2O3/c1-11-7-12(2)9-13(8-11)19-18(22)14-5-4-6-15-17(14)23-10-16(21)20(15)3/h4-9H,10H2,1-3H3,(H,19,22). The van der Waals surface area contributed by atoms with Gasteiger partial charge in [0.15, 0.2) is 12.4 Å². The van der Waals surface area contributed by atoms with Gasteiger partial charge in [-0.3, -0.25) is 9.59 Å². The Hall–Kier alpha value is -2.82. The smallest absolute Gasteiger partial charge is 0.264 e. The lowest BCUT2D eigenvalue weighted by atomic mass is 10.1. The molecule has 0 spiro atoms. The number of aryl methyl sites for hydroxylation is 2. The van der Waals surface area contributed by atoms with E-state index in [2.05, 4.69) is 5.32 Å². The Balaban J connectivity index is 1.93. The largest absolute Gasteiger partial charge is 0.481 e. The number of likely N-dealkylation sites (N-methyl/N-ethyl adjacent to an activating group) is 1. The number of carbonyl (C=O) groups is 2. The molecule has 0 fully saturated rings. The number of para-hydroxylation sites is 1. The molecule has 5 nitrogen and oxygen atoms in total. The number of nitrogens with one attached hydrogen (secondary N) is 1. The third-order valence-electron chi connectivity index (χ3n) is 3.79. The molecule has 1 N–H and O–H groups in total. The molecule has 3 rings (SSSR count). The number of amides is 2. The Labute approximate surface area is 134 Å². The third-order valence-corrected chi connectivity index (χ3v) is 3.79. The summed E-state index contributed by atoms with van der Waals surface area (Å²) in [4.78, 5) is 25.8. The quantitative estimate of drug-likeness (QED) is 0.928. The summed E-state index contributed by atoms with van der Waals surface area (Å²) in [6, 6.07) is 11.1. The molecule has 118 valence electrons. The zero-order valence-electron chi connectivity index (χ0n) is 13.3. The Morgan fingerprint density at radius 3 is 2.57 bits per heavy atom. The van der Waals surface area contributed by atoms with Gasteiger partial charge >= 0.3 is 0 Å². The molecule has 5 heteroatoms. The maximum Gasteiger partial charge on any atom is 0.264 e. The lowest BCUT2D eigenvalue weighted by Gasteiger charge is -2.27. The van der Waals surface area contributed by atoms with E-state index in [-0.39, 0.29) is 18.4 Å². The van der Waals surface area contributed by atoms with Crippen LogP contribution in [0.15, 0.2) is 36.4 Å². The molecule has 2 aromatic carbocycles. The summed E-state index contributed by atoms with van der Waals surface area (Å²) < 4.78 is 5.49. The van der Waals surface area contributed by atoms with Gasteiger partial charge < -0.3 is 15.0 Å². The normalized spacial score (nSPS) is 13.3. The summed E-state index contributed by atoms with van der Waals surface area (Å²) in [5.41, 5.74) is 3.93. The molecule has 0 saturated heterocycles. The Morgan fingerprint density at radius 1 is 1.17 bits per heavy atom. The van der Waals surface area contributed by atoms with Gasteiger partial charge in [0.1, 0.15) is 0 Å². The number of hydrogen-bond acceptors (Lipinski definition) is 3. The Bertz CT molecular complexity index is 779. The number of ether oxygens (including phenoxy) is 1. The molecule has 0 atom stereocenters. The highest BCUT2D eigenvalue weighted by Crippen LogP contribution is 2.34. The minimum absolute atomic E-state index is 0.0582. The fourth-order valence-electron chi connectivity index (χ4n) is 2.73. The zero-order chi connectivity index (χ0) is 16.6. The van der Waals surface area contributed by atoms with E-state index in [0.717, 1.165) is 16.8 Å². The minimum Gasteiger partial charge on any atom is -0.481 e. The predicted octanol–water partition coefficient (Wildman–Crippen LogP) is 2.91. The van der Waals surface area contributed by atoms with Crippen LogP contribution in [0.2, 0.25) is 0 Å². The number of carbonyl (C=O) groups excluding carboxylic acids is 2. The van der Waals surface area contributed by atoms with Gasteiger partial charge in [-0.1, -0.05) is 12.1 Å². The first-order valence-electron chi connectivity index (χ1n) is 7.38. The molecular weight excluding hydrogens is 292 g/mol. The van der Waals surface area contributed by atoms with Gasteiger partial charge in [-0.25, -0.2) is 0 Å². The molecule has 0 radical (unpaired) electrons. The zero-order valence-corrected chi connectivity index (χ0v) is 13.3. The molecule has 2 aromatic rings. The van der Waals surface area contributed by atoms with Crippen molar-refractivity contribution < 1.29 is 14.3 Å². The van der Waals surface area contributed by atoms with E-state index in [0.29, 0.717) is 17.0 Å². The van der Waals surface area contributed by atoms with Crippen molar-refractivity contribution in [3.63, 3.8) is 0 Å². The van der Waals surface area contributed by atoms with Crippen molar-refractivity contribution in [1.29, 1.82) is 0 Å². The summed E-state index contributed by atoms with van der Waals surface area (Å²) >= 11 is 0. The van der Waals surface area contributed by atoms with Crippen LogP contribution in [0.5, 0.6) is 5.75 Å². The molecule has 0 aliphatic carbocycles. The first-order valence-corrected chi connectivity index (χ1v) is 7.38. The van der Waals surface area contributed by atoms with Crippen molar-refractivity contribution in [3.05, 3.63) is 53.1 Å². The van der Waals surface area contributed by atoms with Crippen molar-refractivity contribution in [2.45, 2.75) is 13.8 Å². The fourth-order valence-corrected chi connectivity index (χ4v) is 2.73. The molecule has 2 amide bonds. The van der Waals surface area contributed by atoms with Crippen LogP contribution in [-0.2, 0) is 4.79 Å². The second kappa shape index (κ2) is 5.76. The lowest BCUT2D eigenvalue weighted by molar-refractivity contribution is -0.121. The number of benzene rings is 2. The molecule has 0 aromatic heterocycles. The van der Waals surface area contributed by atoms with Crippen LogP contribution in [0.3, 0.4) is 0 Å². The van der Waals surface area contributed by atoms with Crippen LogP contribution in [0, 0.1) is 13.8 Å². The van der Waals surface area contributed by atoms with Crippen molar-refractivity contribution in [3.8, 4) is 5.75 Å². The van der Waals surface area contributed by atoms with Crippen LogP contribution in [0.25, 0.3) is 0 Å². The van der Waals surface area contributed by atoms with Gasteiger partial charge in [0.05, 0.1) is 11.3 Å². The highest BCUT2D eigenvalue weighted by atomic mass is 16.5. The maximum atomic E-state index is 12.6. The minimum atomic E-state index is -0.255. The van der Waals surface area contributed by atoms with Crippen molar-refractivity contribution in [2.24, 2.45) is 0 Å². The number of fused-ring (bicyclic) bond motifs is 1. The van der Waals surface area contributed by atoms with Crippen molar-refractivity contribution >= 4 is 23.2 Å². The maximum absolute atomic E-state index is 12.6. The Morgan fingerprint density at radius 2 is 1.87 bits per heavy atom. The number of rotatable bonds is 2. The van der Waals surface area contributed by atoms with Gasteiger partial charge in [-0.05, 0) is 49.2 Å². The van der Waals surface area contributed by atoms with Gasteiger partial charge in [0.2, 0.25) is 0 Å². The monoisotopic (exact) mass is 310 g/mol. The number of hydrogen-bond donors (Lipinski definition) is 1. The van der Waals surface area contributed by atoms with Crippen molar-refractivity contribution in [2.75, 3.05) is 23.9 Å². The van der Waals surface area contributed by atoms with E-state index in [4.69, 9.17) is 4.74 Å². The molecule has 0 bridgehead atoms. The van der Waals surface area contributed by atoms with E-state index in [1.165, 1.54) is 4.90 Å². The van der Waals surface area contributed by atoms with E-state index in [9.17, 15) is 9.59 Å². The van der Waals surface area contributed by atoms with E-state index >= 15 is 0 Å². The van der Waals surface area contributed by atoms with Crippen LogP contribution in [0.4, 0.5) is 11.4 Å². The van der Waals surface area contributed by atoms with Gasteiger partial charge in [-0.2, -0.15) is 0 Å². The summed E-state index contributed by atoms with van der Waals surface area (Å²) in [6.45, 7) is 3.91. The van der Waals surface area contributed by atoms with Gasteiger partial charge in [-0.15, -0.1) is 0 Å². The summed E-state index contributed by atoms with van der Waals surface area (Å²) in [6.07, 6.45) is 0. The first-order chi connectivity index (χ1) is 11.0. The number of anilines is 2. The van der Waals surface area contributed by atoms with Crippen LogP contribution in [-0.4, -0.2) is 25.5 Å². The molecule has 1 heterocycles. The Kier molecular flexibility index (Phi) is 3.78. The molecule has 23 heavy (non-hydrogen) atoms. The van der Waals surface area contributed by atoms with Gasteiger partial charge in [0, 0.05) is 12.7 Å². The van der Waals surface area contributed by atoms with E-state index in [1.54, 1.807) is 25.2 Å². The second-order valence-electron chi connectivity index (χ2n) is 5.73. The van der Waals surface area contributed by atoms with Gasteiger partial charge in [0.25, 0.3) is 11.8 Å². The molecule has 1 aliphatic rings. The average molecular weight is 310 g/mol. The summed E-state index contributed by atoms with van der Waals surface area (Å²) in [7, 11) is 1.68. The molecule has 0 unspecified atom stereocenters. The topological polar surface area (TPSA) is 58.6 Å². The SMILES string of the molecule is Cc1cc(C)cc(NC(=O)c2cccc3c2OCC(=O)N3C)c1. The highest BCUT2D eigenvalue weighted by molar-refractivity contribution is 6.09. The van der Waals surface area contributed by atoms with Crippen molar-refractivity contribution in [1.82, 2.24) is 0 Å². The van der Waals surface area contributed by atoms with Crippen LogP contribution < -0.4 is 15.0 Å². The van der Waals surface area contributed by atoms with Crippen LogP contribution in [0.1, 0.15) is 21.5 Å². The number of nitrogens with zero attached hydrogens (tertiary/aromatic N) is 1. The molecule has 1 aliphatic heterocycles. The summed E-state index contributed by atoms with van der Waals surface area (Å²) in [5.74, 6) is 0.0513. The fraction of sp³-hybridized carbons (Fsp3) is 0.222. The molecular formula is C18H18N2O3. The lowest BCUT2D eigenvalue weighted by Crippen LogP contribution is -2.36. The average Bonchev–Trinajstić information content (AvgIpc) is 2.49. The summed E-state index contributed by atoms with van der Waals surface area (Å²) in [5, 5.41) is 2.89. The van der Waals surface area contributed by atoms with E-state index in [1.807, 2.05) is 32.0 Å².